The molecule has 4 aromatic rings. The van der Waals surface area contributed by atoms with Gasteiger partial charge in [-0.25, -0.2) is 4.99 Å². The standard InChI is InChI=1S/C37H37BrN2O4/c1-27-14-16-29(17-15-27)22-24-39-36(42)37(23-7-11-28-9-3-2-4-10-28)34(32-12-5-6-13-33(32)38)44-35(40-37)30-18-20-31(21-19-30)43-26-8-25-41/h2-7,9-21,34,41H,8,22-26H2,1H3,(H,39,42)/b11-7+/t34-,37-/m1/s1. The molecule has 1 heterocycles. The van der Waals surface area contributed by atoms with Crippen molar-refractivity contribution in [2.75, 3.05) is 19.8 Å². The van der Waals surface area contributed by atoms with Crippen LogP contribution < -0.4 is 10.1 Å². The van der Waals surface area contributed by atoms with E-state index >= 15 is 0 Å². The number of aliphatic hydroxyl groups is 1. The van der Waals surface area contributed by atoms with Crippen LogP contribution in [0.15, 0.2) is 119 Å². The summed E-state index contributed by atoms with van der Waals surface area (Å²) in [6.45, 7) is 3.04. The van der Waals surface area contributed by atoms with E-state index in [-0.39, 0.29) is 12.5 Å². The van der Waals surface area contributed by atoms with E-state index in [4.69, 9.17) is 19.6 Å². The van der Waals surface area contributed by atoms with Crippen LogP contribution in [0.3, 0.4) is 0 Å². The summed E-state index contributed by atoms with van der Waals surface area (Å²) in [5, 5.41) is 12.2. The lowest BCUT2D eigenvalue weighted by Crippen LogP contribution is -2.48. The van der Waals surface area contributed by atoms with Crippen molar-refractivity contribution in [2.24, 2.45) is 4.99 Å². The predicted molar refractivity (Wildman–Crippen MR) is 179 cm³/mol. The maximum atomic E-state index is 14.3. The number of benzene rings is 4. The number of nitrogens with zero attached hydrogens (tertiary/aromatic N) is 1. The molecule has 0 aliphatic carbocycles. The third-order valence-corrected chi connectivity index (χ3v) is 8.30. The Morgan fingerprint density at radius 1 is 1.00 bits per heavy atom. The molecule has 0 saturated heterocycles. The SMILES string of the molecule is Cc1ccc(CCNC(=O)[C@]2(C/C=C/c3ccccc3)N=C(c3ccc(OCCCO)cc3)O[C@@H]2c2ccccc2Br)cc1. The van der Waals surface area contributed by atoms with Crippen molar-refractivity contribution in [2.45, 2.75) is 37.8 Å². The van der Waals surface area contributed by atoms with E-state index in [1.807, 2.05) is 91.0 Å². The number of aliphatic imine (C=N–C) groups is 1. The average Bonchev–Trinajstić information content (AvgIpc) is 3.43. The molecule has 6 nitrogen and oxygen atoms in total. The summed E-state index contributed by atoms with van der Waals surface area (Å²) < 4.78 is 13.2. The lowest BCUT2D eigenvalue weighted by atomic mass is 9.84. The Morgan fingerprint density at radius 2 is 1.73 bits per heavy atom. The van der Waals surface area contributed by atoms with E-state index in [1.165, 1.54) is 5.56 Å². The lowest BCUT2D eigenvalue weighted by molar-refractivity contribution is -0.128. The Hall–Kier alpha value is -4.20. The van der Waals surface area contributed by atoms with Gasteiger partial charge in [0.05, 0.1) is 6.61 Å². The fraction of sp³-hybridized carbons (Fsp3) is 0.243. The summed E-state index contributed by atoms with van der Waals surface area (Å²) in [7, 11) is 0. The molecule has 0 fully saturated rings. The van der Waals surface area contributed by atoms with Gasteiger partial charge in [0.15, 0.2) is 11.6 Å². The first kappa shape index (κ1) is 31.2. The Balaban J connectivity index is 1.49. The second kappa shape index (κ2) is 15.0. The van der Waals surface area contributed by atoms with Gasteiger partial charge in [0, 0.05) is 41.6 Å². The van der Waals surface area contributed by atoms with E-state index in [2.05, 4.69) is 52.4 Å². The van der Waals surface area contributed by atoms with Crippen LogP contribution in [0.5, 0.6) is 5.75 Å². The quantitative estimate of drug-likeness (QED) is 0.149. The molecule has 44 heavy (non-hydrogen) atoms. The molecule has 5 rings (SSSR count). The molecule has 1 aliphatic rings. The van der Waals surface area contributed by atoms with Crippen LogP contribution >= 0.6 is 15.9 Å². The van der Waals surface area contributed by atoms with Gasteiger partial charge in [0.2, 0.25) is 5.90 Å². The number of nitrogens with one attached hydrogen (secondary N) is 1. The summed E-state index contributed by atoms with van der Waals surface area (Å²) in [4.78, 5) is 19.4. The molecule has 1 aliphatic heterocycles. The Kier molecular flexibility index (Phi) is 10.6. The van der Waals surface area contributed by atoms with Gasteiger partial charge in [0.1, 0.15) is 5.75 Å². The van der Waals surface area contributed by atoms with Crippen LogP contribution in [-0.2, 0) is 16.0 Å². The highest BCUT2D eigenvalue weighted by Gasteiger charge is 2.53. The van der Waals surface area contributed by atoms with Gasteiger partial charge in [-0.3, -0.25) is 4.79 Å². The lowest BCUT2D eigenvalue weighted by Gasteiger charge is -2.30. The number of aryl methyl sites for hydroxylation is 1. The first-order valence-electron chi connectivity index (χ1n) is 14.9. The first-order chi connectivity index (χ1) is 21.5. The first-order valence-corrected chi connectivity index (χ1v) is 15.7. The molecule has 2 N–H and O–H groups in total. The van der Waals surface area contributed by atoms with Gasteiger partial charge >= 0.3 is 0 Å². The van der Waals surface area contributed by atoms with Crippen LogP contribution in [0, 0.1) is 6.92 Å². The summed E-state index contributed by atoms with van der Waals surface area (Å²) in [6.07, 6.45) is 4.95. The van der Waals surface area contributed by atoms with Crippen LogP contribution in [0.2, 0.25) is 0 Å². The molecule has 0 saturated carbocycles. The minimum Gasteiger partial charge on any atom is -0.494 e. The molecule has 4 aromatic carbocycles. The van der Waals surface area contributed by atoms with Crippen molar-refractivity contribution < 1.29 is 19.4 Å². The molecule has 1 amide bonds. The summed E-state index contributed by atoms with van der Waals surface area (Å²) in [5.74, 6) is 0.894. The Bertz CT molecular complexity index is 1590. The Labute approximate surface area is 267 Å². The molecule has 0 bridgehead atoms. The van der Waals surface area contributed by atoms with E-state index < -0.39 is 11.6 Å². The maximum Gasteiger partial charge on any atom is 0.252 e. The van der Waals surface area contributed by atoms with Crippen LogP contribution in [-0.4, -0.2) is 42.2 Å². The number of carbonyl (C=O) groups is 1. The van der Waals surface area contributed by atoms with Crippen molar-refractivity contribution in [1.29, 1.82) is 0 Å². The summed E-state index contributed by atoms with van der Waals surface area (Å²) in [5.41, 5.74) is 3.74. The van der Waals surface area contributed by atoms with Crippen molar-refractivity contribution in [3.05, 3.63) is 141 Å². The molecular formula is C37H37BrN2O4. The molecule has 7 heteroatoms. The van der Waals surface area contributed by atoms with E-state index in [0.29, 0.717) is 44.1 Å². The topological polar surface area (TPSA) is 80.2 Å². The van der Waals surface area contributed by atoms with Crippen molar-refractivity contribution in [1.82, 2.24) is 5.32 Å². The summed E-state index contributed by atoms with van der Waals surface area (Å²) in [6, 6.07) is 33.7. The number of ether oxygens (including phenoxy) is 2. The number of hydrogen-bond donors (Lipinski definition) is 2. The van der Waals surface area contributed by atoms with E-state index in [0.717, 1.165) is 26.7 Å². The van der Waals surface area contributed by atoms with Crippen LogP contribution in [0.1, 0.15) is 46.8 Å². The molecule has 2 atom stereocenters. The van der Waals surface area contributed by atoms with Gasteiger partial charge in [0.25, 0.3) is 5.91 Å². The fourth-order valence-corrected chi connectivity index (χ4v) is 5.64. The highest BCUT2D eigenvalue weighted by Crippen LogP contribution is 2.45. The van der Waals surface area contributed by atoms with Crippen molar-refractivity contribution in [3.63, 3.8) is 0 Å². The third kappa shape index (κ3) is 7.65. The molecule has 0 spiro atoms. The monoisotopic (exact) mass is 652 g/mol. The second-order valence-corrected chi connectivity index (χ2v) is 11.7. The van der Waals surface area contributed by atoms with E-state index in [9.17, 15) is 4.79 Å². The van der Waals surface area contributed by atoms with Gasteiger partial charge in [-0.2, -0.15) is 0 Å². The maximum absolute atomic E-state index is 14.3. The van der Waals surface area contributed by atoms with Crippen molar-refractivity contribution >= 4 is 33.8 Å². The van der Waals surface area contributed by atoms with Gasteiger partial charge in [-0.05, 0) is 54.8 Å². The smallest absolute Gasteiger partial charge is 0.252 e. The number of halogens is 1. The second-order valence-electron chi connectivity index (χ2n) is 10.8. The number of aliphatic hydroxyl groups excluding tert-OH is 1. The van der Waals surface area contributed by atoms with Crippen LogP contribution in [0.4, 0.5) is 0 Å². The minimum absolute atomic E-state index is 0.0764. The number of carbonyl (C=O) groups excluding carboxylic acids is 1. The zero-order valence-electron chi connectivity index (χ0n) is 24.8. The van der Waals surface area contributed by atoms with Gasteiger partial charge in [-0.1, -0.05) is 106 Å². The molecular weight excluding hydrogens is 616 g/mol. The highest BCUT2D eigenvalue weighted by atomic mass is 79.9. The zero-order chi connectivity index (χ0) is 30.8. The fourth-order valence-electron chi connectivity index (χ4n) is 5.15. The zero-order valence-corrected chi connectivity index (χ0v) is 26.4. The number of hydrogen-bond acceptors (Lipinski definition) is 5. The summed E-state index contributed by atoms with van der Waals surface area (Å²) >= 11 is 3.70. The normalized spacial score (nSPS) is 17.7. The molecule has 0 aromatic heterocycles. The number of rotatable bonds is 13. The van der Waals surface area contributed by atoms with Crippen molar-refractivity contribution in [3.8, 4) is 5.75 Å². The largest absolute Gasteiger partial charge is 0.494 e. The molecule has 226 valence electrons. The van der Waals surface area contributed by atoms with Gasteiger partial charge in [-0.15, -0.1) is 0 Å². The van der Waals surface area contributed by atoms with E-state index in [1.54, 1.807) is 0 Å². The third-order valence-electron chi connectivity index (χ3n) is 7.58. The molecule has 0 radical (unpaired) electrons. The Morgan fingerprint density at radius 3 is 2.45 bits per heavy atom. The minimum atomic E-state index is -1.26. The average molecular weight is 654 g/mol. The highest BCUT2D eigenvalue weighted by molar-refractivity contribution is 9.10. The number of amides is 1. The predicted octanol–water partition coefficient (Wildman–Crippen LogP) is 7.24. The molecule has 0 unspecified atom stereocenters. The van der Waals surface area contributed by atoms with Gasteiger partial charge < -0.3 is 19.9 Å². The van der Waals surface area contributed by atoms with Crippen LogP contribution in [0.25, 0.3) is 6.08 Å².